The molecule has 1 aromatic heterocycles. The van der Waals surface area contributed by atoms with Gasteiger partial charge in [-0.2, -0.15) is 4.39 Å². The molecule has 1 aliphatic rings. The average Bonchev–Trinajstić information content (AvgIpc) is 3.19. The van der Waals surface area contributed by atoms with Gasteiger partial charge in [0, 0.05) is 6.42 Å². The zero-order valence-corrected chi connectivity index (χ0v) is 16.8. The maximum Gasteiger partial charge on any atom is 0.330 e. The number of aromatic amines is 1. The second-order valence-electron chi connectivity index (χ2n) is 7.34. The summed E-state index contributed by atoms with van der Waals surface area (Å²) >= 11 is 0. The second kappa shape index (κ2) is 9.82. The van der Waals surface area contributed by atoms with Crippen LogP contribution in [0.4, 0.5) is 4.39 Å². The van der Waals surface area contributed by atoms with E-state index in [4.69, 9.17) is 14.2 Å². The van der Waals surface area contributed by atoms with E-state index in [2.05, 4.69) is 0 Å². The molecule has 31 heavy (non-hydrogen) atoms. The van der Waals surface area contributed by atoms with Crippen molar-refractivity contribution in [3.8, 4) is 0 Å². The largest absolute Gasteiger partial charge is 0.374 e. The molecule has 8 heteroatoms. The van der Waals surface area contributed by atoms with Crippen molar-refractivity contribution in [3.63, 3.8) is 0 Å². The van der Waals surface area contributed by atoms with Crippen LogP contribution in [0.2, 0.25) is 0 Å². The van der Waals surface area contributed by atoms with Gasteiger partial charge in [0.25, 0.3) is 5.56 Å². The summed E-state index contributed by atoms with van der Waals surface area (Å²) in [5.74, 6) is -1.05. The molecule has 2 heterocycles. The first-order valence-corrected chi connectivity index (χ1v) is 10.0. The molecule has 1 fully saturated rings. The Balaban J connectivity index is 1.46. The molecule has 0 saturated carbocycles. The Kier molecular flexibility index (Phi) is 6.71. The summed E-state index contributed by atoms with van der Waals surface area (Å²) in [6.07, 6.45) is -0.419. The number of rotatable bonds is 8. The summed E-state index contributed by atoms with van der Waals surface area (Å²) < 4.78 is 32.7. The molecule has 0 bridgehead atoms. The lowest BCUT2D eigenvalue weighted by molar-refractivity contribution is -0.0833. The Bertz CT molecular complexity index is 1100. The number of benzene rings is 2. The van der Waals surface area contributed by atoms with Gasteiger partial charge < -0.3 is 14.2 Å². The minimum atomic E-state index is -1.06. The lowest BCUT2D eigenvalue weighted by Gasteiger charge is -2.19. The van der Waals surface area contributed by atoms with Gasteiger partial charge in [-0.05, 0) is 11.1 Å². The summed E-state index contributed by atoms with van der Waals surface area (Å²) in [6.45, 7) is 1.01. The number of hydrogen-bond donors (Lipinski definition) is 1. The van der Waals surface area contributed by atoms with Crippen LogP contribution in [0.1, 0.15) is 23.8 Å². The van der Waals surface area contributed by atoms with Crippen LogP contribution >= 0.6 is 0 Å². The van der Waals surface area contributed by atoms with E-state index in [1.165, 1.54) is 0 Å². The quantitative estimate of drug-likeness (QED) is 0.599. The first-order chi connectivity index (χ1) is 15.1. The summed E-state index contributed by atoms with van der Waals surface area (Å²) in [5, 5.41) is 0. The zero-order chi connectivity index (χ0) is 21.6. The van der Waals surface area contributed by atoms with E-state index in [9.17, 15) is 14.0 Å². The molecule has 2 aromatic carbocycles. The van der Waals surface area contributed by atoms with Crippen molar-refractivity contribution in [2.75, 3.05) is 6.61 Å². The highest BCUT2D eigenvalue weighted by molar-refractivity contribution is 5.14. The van der Waals surface area contributed by atoms with Gasteiger partial charge >= 0.3 is 5.69 Å². The minimum absolute atomic E-state index is 0.242. The predicted molar refractivity (Wildman–Crippen MR) is 111 cm³/mol. The Hall–Kier alpha value is -3.07. The molecule has 162 valence electrons. The number of ether oxygens (including phenoxy) is 3. The highest BCUT2D eigenvalue weighted by Gasteiger charge is 2.38. The van der Waals surface area contributed by atoms with Crippen LogP contribution in [0.25, 0.3) is 0 Å². The van der Waals surface area contributed by atoms with Gasteiger partial charge in [-0.15, -0.1) is 0 Å². The number of nitrogens with zero attached hydrogens (tertiary/aromatic N) is 1. The fourth-order valence-corrected chi connectivity index (χ4v) is 3.52. The van der Waals surface area contributed by atoms with Gasteiger partial charge in [0.2, 0.25) is 5.82 Å². The maximum atomic E-state index is 13.8. The fourth-order valence-electron chi connectivity index (χ4n) is 3.52. The lowest BCUT2D eigenvalue weighted by atomic mass is 10.1. The molecule has 0 aliphatic carbocycles. The van der Waals surface area contributed by atoms with Gasteiger partial charge in [-0.1, -0.05) is 60.7 Å². The Morgan fingerprint density at radius 2 is 1.65 bits per heavy atom. The molecular weight excluding hydrogens is 403 g/mol. The molecule has 1 aliphatic heterocycles. The Morgan fingerprint density at radius 3 is 2.32 bits per heavy atom. The van der Waals surface area contributed by atoms with E-state index in [1.807, 2.05) is 65.6 Å². The zero-order valence-electron chi connectivity index (χ0n) is 16.8. The third-order valence-corrected chi connectivity index (χ3v) is 5.12. The summed E-state index contributed by atoms with van der Waals surface area (Å²) in [7, 11) is 0. The Morgan fingerprint density at radius 1 is 1.00 bits per heavy atom. The molecule has 0 unspecified atom stereocenters. The molecular formula is C23H23FN2O5. The number of nitrogens with one attached hydrogen (secondary N) is 1. The first kappa shape index (κ1) is 21.2. The minimum Gasteiger partial charge on any atom is -0.374 e. The predicted octanol–water partition coefficient (Wildman–Crippen LogP) is 2.77. The van der Waals surface area contributed by atoms with Crippen molar-refractivity contribution in [2.24, 2.45) is 0 Å². The highest BCUT2D eigenvalue weighted by atomic mass is 19.1. The van der Waals surface area contributed by atoms with Crippen LogP contribution in [0, 0.1) is 5.82 Å². The van der Waals surface area contributed by atoms with Crippen molar-refractivity contribution in [2.45, 2.75) is 38.1 Å². The Labute approximate surface area is 178 Å². The van der Waals surface area contributed by atoms with Crippen molar-refractivity contribution in [1.29, 1.82) is 0 Å². The number of halogens is 1. The van der Waals surface area contributed by atoms with E-state index in [-0.39, 0.29) is 12.7 Å². The van der Waals surface area contributed by atoms with Gasteiger partial charge in [0.05, 0.1) is 32.1 Å². The van der Waals surface area contributed by atoms with Crippen LogP contribution in [-0.4, -0.2) is 28.4 Å². The van der Waals surface area contributed by atoms with E-state index >= 15 is 0 Å². The van der Waals surface area contributed by atoms with Gasteiger partial charge in [-0.3, -0.25) is 14.3 Å². The van der Waals surface area contributed by atoms with Crippen molar-refractivity contribution >= 4 is 0 Å². The lowest BCUT2D eigenvalue weighted by Crippen LogP contribution is -2.34. The third-order valence-electron chi connectivity index (χ3n) is 5.12. The molecule has 3 aromatic rings. The average molecular weight is 426 g/mol. The first-order valence-electron chi connectivity index (χ1n) is 10.0. The number of hydrogen-bond acceptors (Lipinski definition) is 5. The monoisotopic (exact) mass is 426 g/mol. The van der Waals surface area contributed by atoms with Gasteiger partial charge in [-0.25, -0.2) is 4.79 Å². The molecule has 0 spiro atoms. The molecule has 0 radical (unpaired) electrons. The summed E-state index contributed by atoms with van der Waals surface area (Å²) in [5.41, 5.74) is 0.239. The van der Waals surface area contributed by atoms with E-state index in [0.29, 0.717) is 19.6 Å². The summed E-state index contributed by atoms with van der Waals surface area (Å²) in [6, 6.07) is 19.4. The van der Waals surface area contributed by atoms with Crippen LogP contribution in [0.3, 0.4) is 0 Å². The van der Waals surface area contributed by atoms with E-state index < -0.39 is 29.4 Å². The third kappa shape index (κ3) is 5.35. The molecule has 0 amide bonds. The maximum absolute atomic E-state index is 13.8. The fraction of sp³-hybridized carbons (Fsp3) is 0.304. The second-order valence-corrected chi connectivity index (χ2v) is 7.34. The number of aromatic nitrogens is 2. The SMILES string of the molecule is O=c1[nH]c(=O)n([C@H]2C[C@H](OCc3ccccc3)[C@@H](COCc3ccccc3)O2)cc1F. The van der Waals surface area contributed by atoms with Crippen molar-refractivity contribution < 1.29 is 18.6 Å². The molecule has 1 saturated heterocycles. The van der Waals surface area contributed by atoms with Crippen LogP contribution in [0.5, 0.6) is 0 Å². The normalized spacial score (nSPS) is 20.7. The standard InChI is InChI=1S/C23H23FN2O5/c24-18-12-26(23(28)25-22(18)27)21-11-19(30-14-17-9-5-2-6-10-17)20(31-21)15-29-13-16-7-3-1-4-8-16/h1-10,12,19-21H,11,13-15H2,(H,25,27,28)/t19-,20+,21+/m0/s1. The van der Waals surface area contributed by atoms with Crippen LogP contribution in [0.15, 0.2) is 76.4 Å². The van der Waals surface area contributed by atoms with Gasteiger partial charge in [0.1, 0.15) is 12.3 Å². The molecule has 7 nitrogen and oxygen atoms in total. The highest BCUT2D eigenvalue weighted by Crippen LogP contribution is 2.31. The van der Waals surface area contributed by atoms with Crippen LogP contribution < -0.4 is 11.2 Å². The molecule has 4 rings (SSSR count). The van der Waals surface area contributed by atoms with E-state index in [1.54, 1.807) is 0 Å². The molecule has 1 N–H and O–H groups in total. The van der Waals surface area contributed by atoms with Crippen molar-refractivity contribution in [3.05, 3.63) is 105 Å². The number of H-pyrrole nitrogens is 1. The van der Waals surface area contributed by atoms with Crippen molar-refractivity contribution in [1.82, 2.24) is 9.55 Å². The topological polar surface area (TPSA) is 82.6 Å². The van der Waals surface area contributed by atoms with E-state index in [0.717, 1.165) is 21.9 Å². The summed E-state index contributed by atoms with van der Waals surface area (Å²) in [4.78, 5) is 25.5. The molecule has 3 atom stereocenters. The van der Waals surface area contributed by atoms with Gasteiger partial charge in [0.15, 0.2) is 0 Å². The smallest absolute Gasteiger partial charge is 0.330 e. The van der Waals surface area contributed by atoms with Crippen LogP contribution in [-0.2, 0) is 27.4 Å².